The summed E-state index contributed by atoms with van der Waals surface area (Å²) in [5, 5.41) is 2.87. The summed E-state index contributed by atoms with van der Waals surface area (Å²) < 4.78 is 51.8. The molecule has 0 radical (unpaired) electrons. The number of piperidine rings is 1. The second-order valence-electron chi connectivity index (χ2n) is 7.27. The lowest BCUT2D eigenvalue weighted by Crippen LogP contribution is -2.51. The average molecular weight is 446 g/mol. The van der Waals surface area contributed by atoms with E-state index in [-0.39, 0.29) is 16.8 Å². The van der Waals surface area contributed by atoms with Gasteiger partial charge in [0.2, 0.25) is 26.0 Å². The maximum Gasteiger partial charge on any atom is 0.243 e. The highest BCUT2D eigenvalue weighted by Gasteiger charge is 2.35. The fraction of sp³-hybridized carbons (Fsp3) is 0.632. The van der Waals surface area contributed by atoms with E-state index in [0.717, 1.165) is 24.7 Å². The van der Waals surface area contributed by atoms with Gasteiger partial charge in [0, 0.05) is 19.6 Å². The first-order valence-corrected chi connectivity index (χ1v) is 13.2. The minimum atomic E-state index is -3.53. The number of carbonyl (C=O) groups is 1. The predicted molar refractivity (Wildman–Crippen MR) is 112 cm³/mol. The molecule has 0 spiro atoms. The average Bonchev–Trinajstić information content (AvgIpc) is 2.68. The lowest BCUT2D eigenvalue weighted by atomic mass is 10.0. The van der Waals surface area contributed by atoms with E-state index < -0.39 is 26.1 Å². The minimum absolute atomic E-state index is 0.207. The summed E-state index contributed by atoms with van der Waals surface area (Å²) in [5.41, 5.74) is 0.749. The topological polar surface area (TPSA) is 104 Å². The summed E-state index contributed by atoms with van der Waals surface area (Å²) in [4.78, 5) is 12.9. The molecule has 10 heteroatoms. The largest absolute Gasteiger partial charge is 0.348 e. The van der Waals surface area contributed by atoms with Crippen molar-refractivity contribution in [2.75, 3.05) is 25.9 Å². The van der Waals surface area contributed by atoms with Crippen molar-refractivity contribution in [3.05, 3.63) is 29.8 Å². The van der Waals surface area contributed by atoms with Crippen molar-refractivity contribution in [2.24, 2.45) is 0 Å². The van der Waals surface area contributed by atoms with Crippen molar-refractivity contribution < 1.29 is 21.6 Å². The van der Waals surface area contributed by atoms with Crippen LogP contribution in [0.2, 0.25) is 0 Å². The van der Waals surface area contributed by atoms with Crippen LogP contribution in [0.3, 0.4) is 0 Å². The lowest BCUT2D eigenvalue weighted by Gasteiger charge is -2.33. The molecule has 1 fully saturated rings. The molecule has 29 heavy (non-hydrogen) atoms. The Morgan fingerprint density at radius 1 is 1.14 bits per heavy atom. The van der Waals surface area contributed by atoms with Crippen LogP contribution < -0.4 is 5.32 Å². The summed E-state index contributed by atoms with van der Waals surface area (Å²) in [6, 6.07) is 5.34. The zero-order valence-corrected chi connectivity index (χ0v) is 19.1. The summed E-state index contributed by atoms with van der Waals surface area (Å²) in [6.45, 7) is 6.51. The molecule has 1 N–H and O–H groups in total. The molecule has 1 aromatic rings. The molecule has 1 heterocycles. The Balaban J connectivity index is 2.13. The SMILES string of the molecule is CCN(CC)S(=O)(=O)c1ccc([C@@H](C)NC(=O)[C@@H]2CCCCN2S(C)(=O)=O)cc1. The third kappa shape index (κ3) is 5.56. The van der Waals surface area contributed by atoms with Crippen LogP contribution in [-0.4, -0.2) is 63.3 Å². The highest BCUT2D eigenvalue weighted by atomic mass is 32.2. The smallest absolute Gasteiger partial charge is 0.243 e. The number of rotatable bonds is 8. The minimum Gasteiger partial charge on any atom is -0.348 e. The van der Waals surface area contributed by atoms with Gasteiger partial charge in [0.15, 0.2) is 0 Å². The molecule has 1 aliphatic heterocycles. The van der Waals surface area contributed by atoms with Crippen LogP contribution in [0.25, 0.3) is 0 Å². The van der Waals surface area contributed by atoms with E-state index in [2.05, 4.69) is 5.32 Å². The van der Waals surface area contributed by atoms with Gasteiger partial charge in [0.1, 0.15) is 6.04 Å². The summed E-state index contributed by atoms with van der Waals surface area (Å²) in [6.07, 6.45) is 3.16. The fourth-order valence-electron chi connectivity index (χ4n) is 3.60. The van der Waals surface area contributed by atoms with Crippen molar-refractivity contribution >= 4 is 26.0 Å². The maximum absolute atomic E-state index is 12.7. The van der Waals surface area contributed by atoms with Crippen LogP contribution in [0.5, 0.6) is 0 Å². The van der Waals surface area contributed by atoms with E-state index in [9.17, 15) is 21.6 Å². The second kappa shape index (κ2) is 9.55. The van der Waals surface area contributed by atoms with E-state index >= 15 is 0 Å². The number of hydrogen-bond acceptors (Lipinski definition) is 5. The molecule has 0 aromatic heterocycles. The highest BCUT2D eigenvalue weighted by molar-refractivity contribution is 7.89. The molecule has 0 saturated carbocycles. The van der Waals surface area contributed by atoms with Crippen LogP contribution in [0.4, 0.5) is 0 Å². The van der Waals surface area contributed by atoms with E-state index in [0.29, 0.717) is 26.1 Å². The van der Waals surface area contributed by atoms with Crippen LogP contribution in [0.15, 0.2) is 29.2 Å². The van der Waals surface area contributed by atoms with Gasteiger partial charge in [-0.05, 0) is 37.5 Å². The van der Waals surface area contributed by atoms with E-state index in [1.807, 2.05) is 0 Å². The molecule has 8 nitrogen and oxygen atoms in total. The van der Waals surface area contributed by atoms with Gasteiger partial charge in [-0.1, -0.05) is 32.4 Å². The third-order valence-corrected chi connectivity index (χ3v) is 8.62. The van der Waals surface area contributed by atoms with Gasteiger partial charge in [0.25, 0.3) is 0 Å². The second-order valence-corrected chi connectivity index (χ2v) is 11.1. The van der Waals surface area contributed by atoms with E-state index in [1.165, 1.54) is 20.7 Å². The number of carbonyl (C=O) groups excluding carboxylic acids is 1. The Hall–Kier alpha value is -1.49. The Morgan fingerprint density at radius 3 is 2.24 bits per heavy atom. The molecule has 2 atom stereocenters. The van der Waals surface area contributed by atoms with Crippen molar-refractivity contribution in [1.82, 2.24) is 13.9 Å². The monoisotopic (exact) mass is 445 g/mol. The molecule has 0 bridgehead atoms. The summed E-state index contributed by atoms with van der Waals surface area (Å²) in [5.74, 6) is -0.331. The number of nitrogens with zero attached hydrogens (tertiary/aromatic N) is 2. The van der Waals surface area contributed by atoms with Gasteiger partial charge in [-0.15, -0.1) is 0 Å². The molecule has 1 amide bonds. The highest BCUT2D eigenvalue weighted by Crippen LogP contribution is 2.23. The van der Waals surface area contributed by atoms with Gasteiger partial charge in [-0.25, -0.2) is 16.8 Å². The Kier molecular flexibility index (Phi) is 7.83. The molecule has 0 aliphatic carbocycles. The van der Waals surface area contributed by atoms with Gasteiger partial charge in [-0.3, -0.25) is 4.79 Å². The zero-order valence-electron chi connectivity index (χ0n) is 17.5. The zero-order chi connectivity index (χ0) is 21.8. The first-order valence-electron chi connectivity index (χ1n) is 9.89. The van der Waals surface area contributed by atoms with Crippen LogP contribution in [-0.2, 0) is 24.8 Å². The Bertz CT molecular complexity index is 910. The molecule has 164 valence electrons. The van der Waals surface area contributed by atoms with Crippen molar-refractivity contribution in [2.45, 2.75) is 57.0 Å². The Labute approximate surface area is 174 Å². The van der Waals surface area contributed by atoms with Gasteiger partial charge >= 0.3 is 0 Å². The fourth-order valence-corrected chi connectivity index (χ4v) is 6.18. The number of hydrogen-bond donors (Lipinski definition) is 1. The van der Waals surface area contributed by atoms with Gasteiger partial charge < -0.3 is 5.32 Å². The lowest BCUT2D eigenvalue weighted by molar-refractivity contribution is -0.126. The Morgan fingerprint density at radius 2 is 1.72 bits per heavy atom. The molecular weight excluding hydrogens is 414 g/mol. The predicted octanol–water partition coefficient (Wildman–Crippen LogP) is 1.71. The number of amides is 1. The molecule has 2 rings (SSSR count). The van der Waals surface area contributed by atoms with Crippen molar-refractivity contribution in [1.29, 1.82) is 0 Å². The number of nitrogens with one attached hydrogen (secondary N) is 1. The number of benzene rings is 1. The molecule has 1 aromatic carbocycles. The molecular formula is C19H31N3O5S2. The normalized spacial score (nSPS) is 19.8. The molecule has 1 aliphatic rings. The maximum atomic E-state index is 12.7. The van der Waals surface area contributed by atoms with Crippen LogP contribution in [0.1, 0.15) is 51.6 Å². The van der Waals surface area contributed by atoms with Crippen LogP contribution in [0, 0.1) is 0 Å². The van der Waals surface area contributed by atoms with Crippen molar-refractivity contribution in [3.63, 3.8) is 0 Å². The van der Waals surface area contributed by atoms with Gasteiger partial charge in [0.05, 0.1) is 17.2 Å². The number of sulfonamides is 2. The first kappa shape index (κ1) is 23.8. The van der Waals surface area contributed by atoms with Crippen LogP contribution >= 0.6 is 0 Å². The summed E-state index contributed by atoms with van der Waals surface area (Å²) >= 11 is 0. The van der Waals surface area contributed by atoms with E-state index in [1.54, 1.807) is 32.9 Å². The summed E-state index contributed by atoms with van der Waals surface area (Å²) in [7, 11) is -6.99. The van der Waals surface area contributed by atoms with E-state index in [4.69, 9.17) is 0 Å². The van der Waals surface area contributed by atoms with Gasteiger partial charge in [-0.2, -0.15) is 8.61 Å². The standard InChI is InChI=1S/C19H31N3O5S2/c1-5-21(6-2)29(26,27)17-12-10-16(11-13-17)15(3)20-19(23)18-9-7-8-14-22(18)28(4,24)25/h10-13,15,18H,5-9,14H2,1-4H3,(H,20,23)/t15-,18+/m1/s1. The first-order chi connectivity index (χ1) is 13.5. The molecule has 0 unspecified atom stereocenters. The third-order valence-electron chi connectivity index (χ3n) is 5.26. The molecule has 1 saturated heterocycles. The quantitative estimate of drug-likeness (QED) is 0.656. The van der Waals surface area contributed by atoms with Crippen molar-refractivity contribution in [3.8, 4) is 0 Å².